The first-order valence-electron chi connectivity index (χ1n) is 7.84. The van der Waals surface area contributed by atoms with Crippen molar-refractivity contribution in [3.63, 3.8) is 0 Å². The fourth-order valence-corrected chi connectivity index (χ4v) is 3.64. The van der Waals surface area contributed by atoms with E-state index in [4.69, 9.17) is 0 Å². The fraction of sp³-hybridized carbons (Fsp3) is 0.500. The maximum Gasteiger partial charge on any atom is 0.270 e. The van der Waals surface area contributed by atoms with Crippen molar-refractivity contribution < 1.29 is 4.79 Å². The van der Waals surface area contributed by atoms with E-state index >= 15 is 0 Å². The summed E-state index contributed by atoms with van der Waals surface area (Å²) >= 11 is 0. The highest BCUT2D eigenvalue weighted by Crippen LogP contribution is 2.27. The summed E-state index contributed by atoms with van der Waals surface area (Å²) in [4.78, 5) is 18.2. The van der Waals surface area contributed by atoms with Crippen LogP contribution < -0.4 is 0 Å². The molecule has 2 atom stereocenters. The van der Waals surface area contributed by atoms with Gasteiger partial charge in [0.2, 0.25) is 0 Å². The fourth-order valence-electron chi connectivity index (χ4n) is 3.64. The molecule has 3 nitrogen and oxygen atoms in total. The minimum absolute atomic E-state index is 0.153. The standard InChI is InChI=1S/C18H24N2O/c1-11-5-6-16-15(8-11)14(4)17(19-16)18(21)20-9-12(2)7-13(3)10-20/h5-6,8,12-13,19H,7,9-10H2,1-4H3. The number of aromatic nitrogens is 1. The van der Waals surface area contributed by atoms with Gasteiger partial charge in [-0.3, -0.25) is 4.79 Å². The van der Waals surface area contributed by atoms with E-state index in [9.17, 15) is 4.79 Å². The molecule has 3 rings (SSSR count). The second kappa shape index (κ2) is 5.21. The van der Waals surface area contributed by atoms with Gasteiger partial charge in [0.05, 0.1) is 0 Å². The summed E-state index contributed by atoms with van der Waals surface area (Å²) in [7, 11) is 0. The normalized spacial score (nSPS) is 22.8. The highest BCUT2D eigenvalue weighted by atomic mass is 16.2. The molecule has 3 heteroatoms. The van der Waals surface area contributed by atoms with Crippen LogP contribution >= 0.6 is 0 Å². The molecule has 0 bridgehead atoms. The van der Waals surface area contributed by atoms with E-state index in [1.807, 2.05) is 11.8 Å². The zero-order valence-electron chi connectivity index (χ0n) is 13.4. The van der Waals surface area contributed by atoms with Gasteiger partial charge in [0.15, 0.2) is 0 Å². The minimum Gasteiger partial charge on any atom is -0.350 e. The Hall–Kier alpha value is -1.77. The van der Waals surface area contributed by atoms with Crippen LogP contribution in [0.25, 0.3) is 10.9 Å². The molecule has 1 fully saturated rings. The van der Waals surface area contributed by atoms with Crippen molar-refractivity contribution in [3.8, 4) is 0 Å². The van der Waals surface area contributed by atoms with Gasteiger partial charge in [0.25, 0.3) is 5.91 Å². The van der Waals surface area contributed by atoms with Gasteiger partial charge in [0.1, 0.15) is 5.69 Å². The lowest BCUT2D eigenvalue weighted by Gasteiger charge is -2.34. The van der Waals surface area contributed by atoms with Crippen molar-refractivity contribution in [2.45, 2.75) is 34.1 Å². The smallest absolute Gasteiger partial charge is 0.270 e. The number of rotatable bonds is 1. The summed E-state index contributed by atoms with van der Waals surface area (Å²) < 4.78 is 0. The zero-order chi connectivity index (χ0) is 15.1. The molecule has 21 heavy (non-hydrogen) atoms. The Balaban J connectivity index is 1.96. The Morgan fingerprint density at radius 2 is 1.86 bits per heavy atom. The lowest BCUT2D eigenvalue weighted by molar-refractivity contribution is 0.0617. The van der Waals surface area contributed by atoms with Crippen LogP contribution in [0.15, 0.2) is 18.2 Å². The first kappa shape index (κ1) is 14.2. The number of benzene rings is 1. The number of piperidine rings is 1. The topological polar surface area (TPSA) is 36.1 Å². The zero-order valence-corrected chi connectivity index (χ0v) is 13.4. The lowest BCUT2D eigenvalue weighted by atomic mass is 9.91. The molecule has 112 valence electrons. The monoisotopic (exact) mass is 284 g/mol. The highest BCUT2D eigenvalue weighted by molar-refractivity contribution is 6.01. The Kier molecular flexibility index (Phi) is 3.52. The molecule has 1 saturated heterocycles. The molecular weight excluding hydrogens is 260 g/mol. The molecule has 2 aromatic rings. The molecule has 0 spiro atoms. The number of nitrogens with one attached hydrogen (secondary N) is 1. The Morgan fingerprint density at radius 1 is 1.19 bits per heavy atom. The number of aryl methyl sites for hydroxylation is 2. The summed E-state index contributed by atoms with van der Waals surface area (Å²) in [6.45, 7) is 10.3. The van der Waals surface area contributed by atoms with Gasteiger partial charge < -0.3 is 9.88 Å². The number of carbonyl (C=O) groups is 1. The van der Waals surface area contributed by atoms with Gasteiger partial charge in [0, 0.05) is 24.0 Å². The number of aromatic amines is 1. The number of carbonyl (C=O) groups excluding carboxylic acids is 1. The van der Waals surface area contributed by atoms with Crippen molar-refractivity contribution >= 4 is 16.8 Å². The van der Waals surface area contributed by atoms with Crippen LogP contribution in [0.5, 0.6) is 0 Å². The predicted molar refractivity (Wildman–Crippen MR) is 86.6 cm³/mol. The number of nitrogens with zero attached hydrogens (tertiary/aromatic N) is 1. The van der Waals surface area contributed by atoms with Crippen LogP contribution in [0.4, 0.5) is 0 Å². The highest BCUT2D eigenvalue weighted by Gasteiger charge is 2.28. The second-order valence-electron chi connectivity index (χ2n) is 6.83. The average Bonchev–Trinajstić information content (AvgIpc) is 2.74. The number of fused-ring (bicyclic) bond motifs is 1. The molecule has 0 radical (unpaired) electrons. The number of hydrogen-bond donors (Lipinski definition) is 1. The Morgan fingerprint density at radius 3 is 2.52 bits per heavy atom. The Labute approximate surface area is 126 Å². The SMILES string of the molecule is Cc1ccc2[nH]c(C(=O)N3CC(C)CC(C)C3)c(C)c2c1. The number of H-pyrrole nitrogens is 1. The molecule has 1 aliphatic heterocycles. The van der Waals surface area contributed by atoms with E-state index in [2.05, 4.69) is 44.0 Å². The Bertz CT molecular complexity index is 676. The maximum atomic E-state index is 12.9. The summed E-state index contributed by atoms with van der Waals surface area (Å²) in [5, 5.41) is 1.16. The van der Waals surface area contributed by atoms with Gasteiger partial charge in [-0.05, 0) is 49.8 Å². The minimum atomic E-state index is 0.153. The van der Waals surface area contributed by atoms with Crippen LogP contribution in [0, 0.1) is 25.7 Å². The number of hydrogen-bond acceptors (Lipinski definition) is 1. The van der Waals surface area contributed by atoms with E-state index in [0.29, 0.717) is 11.8 Å². The van der Waals surface area contributed by atoms with Gasteiger partial charge >= 0.3 is 0 Å². The first-order chi connectivity index (χ1) is 9.95. The third-order valence-electron chi connectivity index (χ3n) is 4.58. The third kappa shape index (κ3) is 2.57. The molecule has 1 amide bonds. The summed E-state index contributed by atoms with van der Waals surface area (Å²) in [6, 6.07) is 6.30. The molecule has 2 heterocycles. The van der Waals surface area contributed by atoms with E-state index in [-0.39, 0.29) is 5.91 Å². The summed E-state index contributed by atoms with van der Waals surface area (Å²) in [5.41, 5.74) is 4.12. The molecule has 0 saturated carbocycles. The van der Waals surface area contributed by atoms with Crippen LogP contribution in [0.3, 0.4) is 0 Å². The summed E-state index contributed by atoms with van der Waals surface area (Å²) in [6.07, 6.45) is 1.22. The van der Waals surface area contributed by atoms with Crippen LogP contribution in [-0.4, -0.2) is 28.9 Å². The van der Waals surface area contributed by atoms with E-state index in [0.717, 1.165) is 35.2 Å². The quantitative estimate of drug-likeness (QED) is 0.847. The van der Waals surface area contributed by atoms with Gasteiger partial charge in [-0.2, -0.15) is 0 Å². The second-order valence-corrected chi connectivity index (χ2v) is 6.83. The lowest BCUT2D eigenvalue weighted by Crippen LogP contribution is -2.42. The van der Waals surface area contributed by atoms with Crippen molar-refractivity contribution in [3.05, 3.63) is 35.0 Å². The number of likely N-dealkylation sites (tertiary alicyclic amines) is 1. The predicted octanol–water partition coefficient (Wildman–Crippen LogP) is 3.90. The van der Waals surface area contributed by atoms with Crippen molar-refractivity contribution in [1.29, 1.82) is 0 Å². The molecule has 1 N–H and O–H groups in total. The van der Waals surface area contributed by atoms with Gasteiger partial charge in [-0.15, -0.1) is 0 Å². The average molecular weight is 284 g/mol. The largest absolute Gasteiger partial charge is 0.350 e. The molecule has 0 aliphatic carbocycles. The number of amides is 1. The van der Waals surface area contributed by atoms with Crippen molar-refractivity contribution in [2.24, 2.45) is 11.8 Å². The van der Waals surface area contributed by atoms with Crippen LogP contribution in [0.1, 0.15) is 41.9 Å². The molecule has 1 aromatic heterocycles. The molecule has 2 unspecified atom stereocenters. The van der Waals surface area contributed by atoms with E-state index < -0.39 is 0 Å². The van der Waals surface area contributed by atoms with E-state index in [1.165, 1.54) is 12.0 Å². The third-order valence-corrected chi connectivity index (χ3v) is 4.58. The van der Waals surface area contributed by atoms with Crippen molar-refractivity contribution in [2.75, 3.05) is 13.1 Å². The summed E-state index contributed by atoms with van der Waals surface area (Å²) in [5.74, 6) is 1.33. The molecule has 1 aliphatic rings. The first-order valence-corrected chi connectivity index (χ1v) is 7.84. The maximum absolute atomic E-state index is 12.9. The molecule has 1 aromatic carbocycles. The van der Waals surface area contributed by atoms with Crippen molar-refractivity contribution in [1.82, 2.24) is 9.88 Å². The van der Waals surface area contributed by atoms with E-state index in [1.54, 1.807) is 0 Å². The van der Waals surface area contributed by atoms with Crippen LogP contribution in [-0.2, 0) is 0 Å². The van der Waals surface area contributed by atoms with Gasteiger partial charge in [-0.25, -0.2) is 0 Å². The van der Waals surface area contributed by atoms with Crippen LogP contribution in [0.2, 0.25) is 0 Å². The molecular formula is C18H24N2O. The van der Waals surface area contributed by atoms with Gasteiger partial charge in [-0.1, -0.05) is 25.5 Å².